The van der Waals surface area contributed by atoms with E-state index in [0.717, 1.165) is 40.4 Å². The smallest absolute Gasteiger partial charge is 0.0909 e. The zero-order valence-corrected chi connectivity index (χ0v) is 13.1. The van der Waals surface area contributed by atoms with Crippen molar-refractivity contribution in [1.82, 2.24) is 24.4 Å². The summed E-state index contributed by atoms with van der Waals surface area (Å²) in [6.45, 7) is 4.81. The van der Waals surface area contributed by atoms with Gasteiger partial charge in [0.2, 0.25) is 0 Å². The van der Waals surface area contributed by atoms with E-state index in [0.29, 0.717) is 0 Å². The number of pyridine rings is 2. The average Bonchev–Trinajstić information content (AvgIpc) is 3.14. The first-order valence-electron chi connectivity index (χ1n) is 7.60. The van der Waals surface area contributed by atoms with E-state index in [1.165, 1.54) is 0 Å². The number of hydrogen-bond donors (Lipinski definition) is 0. The van der Waals surface area contributed by atoms with Crippen molar-refractivity contribution in [3.05, 3.63) is 71.8 Å². The topological polar surface area (TPSA) is 48.0 Å². The minimum absolute atomic E-state index is 0.735. The largest absolute Gasteiger partial charge is 0.265 e. The van der Waals surface area contributed by atoms with Crippen LogP contribution in [0.15, 0.2) is 54.9 Å². The molecule has 0 atom stereocenters. The van der Waals surface area contributed by atoms with Gasteiger partial charge in [0, 0.05) is 11.9 Å². The summed E-state index contributed by atoms with van der Waals surface area (Å²) in [6.07, 6.45) is 3.71. The van der Waals surface area contributed by atoms with Crippen LogP contribution in [0.4, 0.5) is 0 Å². The summed E-state index contributed by atoms with van der Waals surface area (Å²) in [4.78, 5) is 4.61. The summed E-state index contributed by atoms with van der Waals surface area (Å²) in [5.74, 6) is 0. The van der Waals surface area contributed by atoms with Crippen molar-refractivity contribution in [3.63, 3.8) is 0 Å². The first-order valence-corrected chi connectivity index (χ1v) is 7.60. The fourth-order valence-electron chi connectivity index (χ4n) is 2.82. The Labute approximate surface area is 134 Å². The fraction of sp³-hybridized carbons (Fsp3) is 0.167. The molecule has 0 amide bonds. The van der Waals surface area contributed by atoms with Crippen molar-refractivity contribution in [2.24, 2.45) is 0 Å². The molecule has 0 aromatic carbocycles. The Morgan fingerprint density at radius 2 is 1.96 bits per heavy atom. The quantitative estimate of drug-likeness (QED) is 0.583. The number of nitrogens with zero attached hydrogens (tertiary/aromatic N) is 5. The molecule has 0 unspecified atom stereocenters. The number of hydrogen-bond acceptors (Lipinski definition) is 3. The molecule has 0 radical (unpaired) electrons. The minimum Gasteiger partial charge on any atom is -0.265 e. The molecule has 4 heterocycles. The van der Waals surface area contributed by atoms with Gasteiger partial charge >= 0.3 is 0 Å². The van der Waals surface area contributed by atoms with E-state index in [1.807, 2.05) is 52.6 Å². The molecule has 0 fully saturated rings. The van der Waals surface area contributed by atoms with Gasteiger partial charge in [-0.05, 0) is 49.7 Å². The third-order valence-corrected chi connectivity index (χ3v) is 3.94. The summed E-state index contributed by atoms with van der Waals surface area (Å²) >= 11 is 0. The molecular formula is C18H17N5. The summed E-state index contributed by atoms with van der Waals surface area (Å²) in [5, 5.41) is 8.86. The molecule has 0 aliphatic heterocycles. The Balaban J connectivity index is 1.65. The Hall–Kier alpha value is -2.95. The van der Waals surface area contributed by atoms with E-state index >= 15 is 0 Å². The second-order valence-corrected chi connectivity index (χ2v) is 5.72. The molecule has 0 spiro atoms. The Kier molecular flexibility index (Phi) is 3.19. The predicted octanol–water partition coefficient (Wildman–Crippen LogP) is 3.26. The minimum atomic E-state index is 0.735. The highest BCUT2D eigenvalue weighted by atomic mass is 15.3. The lowest BCUT2D eigenvalue weighted by atomic mass is 10.2. The molecule has 0 saturated carbocycles. The number of aromatic nitrogens is 5. The van der Waals surface area contributed by atoms with Crippen molar-refractivity contribution >= 4 is 5.52 Å². The highest BCUT2D eigenvalue weighted by molar-refractivity contribution is 5.61. The van der Waals surface area contributed by atoms with Crippen LogP contribution in [0.2, 0.25) is 0 Å². The van der Waals surface area contributed by atoms with Crippen LogP contribution >= 0.6 is 0 Å². The summed E-state index contributed by atoms with van der Waals surface area (Å²) < 4.78 is 3.91. The predicted molar refractivity (Wildman–Crippen MR) is 89.2 cm³/mol. The lowest BCUT2D eigenvalue weighted by Crippen LogP contribution is -2.04. The van der Waals surface area contributed by atoms with Gasteiger partial charge in [-0.15, -0.1) is 0 Å². The molecule has 114 valence electrons. The van der Waals surface area contributed by atoms with Gasteiger partial charge < -0.3 is 0 Å². The maximum absolute atomic E-state index is 4.61. The highest BCUT2D eigenvalue weighted by Crippen LogP contribution is 2.19. The first kappa shape index (κ1) is 13.7. The highest BCUT2D eigenvalue weighted by Gasteiger charge is 2.07. The lowest BCUT2D eigenvalue weighted by molar-refractivity contribution is 0.657. The van der Waals surface area contributed by atoms with Gasteiger partial charge in [-0.25, -0.2) is 4.52 Å². The van der Waals surface area contributed by atoms with Crippen LogP contribution in [0, 0.1) is 13.8 Å². The van der Waals surface area contributed by atoms with Gasteiger partial charge in [-0.1, -0.05) is 12.1 Å². The molecule has 23 heavy (non-hydrogen) atoms. The second-order valence-electron chi connectivity index (χ2n) is 5.72. The van der Waals surface area contributed by atoms with Crippen molar-refractivity contribution in [2.75, 3.05) is 0 Å². The molecule has 4 aromatic rings. The van der Waals surface area contributed by atoms with Gasteiger partial charge in [0.1, 0.15) is 0 Å². The second kappa shape index (κ2) is 5.35. The van der Waals surface area contributed by atoms with Gasteiger partial charge in [-0.2, -0.15) is 10.2 Å². The van der Waals surface area contributed by atoms with Crippen molar-refractivity contribution in [1.29, 1.82) is 0 Å². The summed E-state index contributed by atoms with van der Waals surface area (Å²) in [5.41, 5.74) is 6.30. The molecule has 0 bridgehead atoms. The molecule has 0 aliphatic rings. The normalized spacial score (nSPS) is 11.2. The number of fused-ring (bicyclic) bond motifs is 1. The molecule has 4 rings (SSSR count). The van der Waals surface area contributed by atoms with E-state index in [-0.39, 0.29) is 0 Å². The van der Waals surface area contributed by atoms with E-state index in [1.54, 1.807) is 6.20 Å². The standard InChI is InChI=1S/C18H17N5/c1-13-10-14(2)22(21-13)12-15-6-7-17(19-11-15)18-5-3-4-16-8-9-20-23(16)18/h3-11H,12H2,1-2H3. The Morgan fingerprint density at radius 3 is 2.70 bits per heavy atom. The first-order chi connectivity index (χ1) is 11.2. The molecule has 5 nitrogen and oxygen atoms in total. The number of rotatable bonds is 3. The van der Waals surface area contributed by atoms with E-state index in [4.69, 9.17) is 0 Å². The zero-order valence-electron chi connectivity index (χ0n) is 13.1. The average molecular weight is 303 g/mol. The Bertz CT molecular complexity index is 963. The lowest BCUT2D eigenvalue weighted by Gasteiger charge is -2.07. The van der Waals surface area contributed by atoms with Gasteiger partial charge in [0.15, 0.2) is 0 Å². The van der Waals surface area contributed by atoms with Crippen LogP contribution in [-0.4, -0.2) is 24.4 Å². The molecule has 0 aliphatic carbocycles. The molecule has 0 N–H and O–H groups in total. The van der Waals surface area contributed by atoms with Crippen molar-refractivity contribution in [3.8, 4) is 11.4 Å². The van der Waals surface area contributed by atoms with Crippen LogP contribution in [0.1, 0.15) is 17.0 Å². The third kappa shape index (κ3) is 2.50. The van der Waals surface area contributed by atoms with Gasteiger partial charge in [0.05, 0.1) is 35.3 Å². The van der Waals surface area contributed by atoms with Gasteiger partial charge in [0.25, 0.3) is 0 Å². The van der Waals surface area contributed by atoms with E-state index in [2.05, 4.69) is 34.2 Å². The monoisotopic (exact) mass is 303 g/mol. The zero-order chi connectivity index (χ0) is 15.8. The molecule has 0 saturated heterocycles. The third-order valence-electron chi connectivity index (χ3n) is 3.94. The van der Waals surface area contributed by atoms with Crippen LogP contribution < -0.4 is 0 Å². The SMILES string of the molecule is Cc1cc(C)n(Cc2ccc(-c3cccc4ccnn34)nc2)n1. The Morgan fingerprint density at radius 1 is 1.04 bits per heavy atom. The molecule has 4 aromatic heterocycles. The van der Waals surface area contributed by atoms with Crippen LogP contribution in [-0.2, 0) is 6.54 Å². The fourth-order valence-corrected chi connectivity index (χ4v) is 2.82. The van der Waals surface area contributed by atoms with Crippen molar-refractivity contribution < 1.29 is 0 Å². The molecule has 5 heteroatoms. The van der Waals surface area contributed by atoms with Gasteiger partial charge in [-0.3, -0.25) is 9.67 Å². The van der Waals surface area contributed by atoms with E-state index in [9.17, 15) is 0 Å². The summed E-state index contributed by atoms with van der Waals surface area (Å²) in [7, 11) is 0. The number of aryl methyl sites for hydroxylation is 2. The van der Waals surface area contributed by atoms with E-state index < -0.39 is 0 Å². The maximum atomic E-state index is 4.61. The van der Waals surface area contributed by atoms with Crippen molar-refractivity contribution in [2.45, 2.75) is 20.4 Å². The van der Waals surface area contributed by atoms with Crippen LogP contribution in [0.3, 0.4) is 0 Å². The maximum Gasteiger partial charge on any atom is 0.0909 e. The van der Waals surface area contributed by atoms with Crippen LogP contribution in [0.5, 0.6) is 0 Å². The summed E-state index contributed by atoms with van der Waals surface area (Å²) in [6, 6.07) is 14.3. The molecular weight excluding hydrogens is 286 g/mol. The van der Waals surface area contributed by atoms with Crippen LogP contribution in [0.25, 0.3) is 16.9 Å².